The number of morpholine rings is 1. The first-order valence-electron chi connectivity index (χ1n) is 7.43. The van der Waals surface area contributed by atoms with Gasteiger partial charge in [-0.2, -0.15) is 0 Å². The van der Waals surface area contributed by atoms with Gasteiger partial charge < -0.3 is 15.0 Å². The smallest absolute Gasteiger partial charge is 0.185 e. The first-order valence-corrected chi connectivity index (χ1v) is 8.31. The fourth-order valence-electron chi connectivity index (χ4n) is 2.61. The van der Waals surface area contributed by atoms with Crippen molar-refractivity contribution >= 4 is 16.5 Å². The van der Waals surface area contributed by atoms with Crippen molar-refractivity contribution in [1.29, 1.82) is 0 Å². The zero-order chi connectivity index (χ0) is 14.8. The van der Waals surface area contributed by atoms with Gasteiger partial charge in [-0.15, -0.1) is 11.3 Å². The lowest BCUT2D eigenvalue weighted by molar-refractivity contribution is -0.0749. The molecule has 1 unspecified atom stereocenters. The molecular weight excluding hydrogens is 270 g/mol. The summed E-state index contributed by atoms with van der Waals surface area (Å²) in [5, 5.41) is 6.73. The van der Waals surface area contributed by atoms with E-state index in [0.29, 0.717) is 5.92 Å². The normalized spacial score (nSPS) is 22.5. The van der Waals surface area contributed by atoms with Gasteiger partial charge in [0.05, 0.1) is 17.4 Å². The van der Waals surface area contributed by atoms with Crippen LogP contribution in [0.1, 0.15) is 40.3 Å². The van der Waals surface area contributed by atoms with E-state index in [1.165, 1.54) is 0 Å². The van der Waals surface area contributed by atoms with E-state index < -0.39 is 0 Å². The van der Waals surface area contributed by atoms with E-state index in [9.17, 15) is 0 Å². The number of anilines is 1. The second kappa shape index (κ2) is 6.41. The summed E-state index contributed by atoms with van der Waals surface area (Å²) in [6, 6.07) is 0. The molecule has 0 radical (unpaired) electrons. The van der Waals surface area contributed by atoms with Crippen LogP contribution in [0.5, 0.6) is 0 Å². The van der Waals surface area contributed by atoms with Crippen LogP contribution >= 0.6 is 11.3 Å². The van der Waals surface area contributed by atoms with E-state index in [0.717, 1.165) is 37.0 Å². The zero-order valence-electron chi connectivity index (χ0n) is 13.3. The number of nitrogens with zero attached hydrogens (tertiary/aromatic N) is 2. The van der Waals surface area contributed by atoms with Crippen molar-refractivity contribution < 1.29 is 4.74 Å². The van der Waals surface area contributed by atoms with Crippen LogP contribution < -0.4 is 10.2 Å². The molecule has 2 rings (SSSR count). The van der Waals surface area contributed by atoms with Crippen LogP contribution in [-0.2, 0) is 11.3 Å². The minimum absolute atomic E-state index is 0.0978. The average molecular weight is 297 g/mol. The maximum absolute atomic E-state index is 5.95. The Kier molecular flexibility index (Phi) is 5.04. The summed E-state index contributed by atoms with van der Waals surface area (Å²) in [4.78, 5) is 7.11. The number of nitrogens with one attached hydrogen (secondary N) is 1. The standard InChI is InChI=1S/C15H27N3OS/c1-11(2)6-16-7-13-9-20-14(17-13)18-8-12(3)19-15(4,5)10-18/h9,11-12,16H,6-8,10H2,1-5H3. The molecule has 1 aliphatic heterocycles. The van der Waals surface area contributed by atoms with Crippen LogP contribution in [0.25, 0.3) is 0 Å². The van der Waals surface area contributed by atoms with Crippen molar-refractivity contribution in [1.82, 2.24) is 10.3 Å². The highest BCUT2D eigenvalue weighted by Crippen LogP contribution is 2.28. The zero-order valence-corrected chi connectivity index (χ0v) is 14.1. The third kappa shape index (κ3) is 4.43. The van der Waals surface area contributed by atoms with E-state index in [-0.39, 0.29) is 11.7 Å². The van der Waals surface area contributed by atoms with E-state index in [1.807, 2.05) is 0 Å². The van der Waals surface area contributed by atoms with Crippen molar-refractivity contribution in [2.24, 2.45) is 5.92 Å². The Morgan fingerprint density at radius 2 is 2.30 bits per heavy atom. The van der Waals surface area contributed by atoms with Crippen molar-refractivity contribution in [3.05, 3.63) is 11.1 Å². The third-order valence-corrected chi connectivity index (χ3v) is 4.19. The van der Waals surface area contributed by atoms with Crippen LogP contribution in [0, 0.1) is 5.92 Å². The Morgan fingerprint density at radius 3 is 2.95 bits per heavy atom. The van der Waals surface area contributed by atoms with Crippen molar-refractivity contribution in [2.75, 3.05) is 24.5 Å². The fraction of sp³-hybridized carbons (Fsp3) is 0.800. The first-order chi connectivity index (χ1) is 9.35. The Balaban J connectivity index is 1.94. The first kappa shape index (κ1) is 15.7. The quantitative estimate of drug-likeness (QED) is 0.907. The second-order valence-electron chi connectivity index (χ2n) is 6.71. The SMILES string of the molecule is CC(C)CNCc1csc(N2CC(C)OC(C)(C)C2)n1. The Bertz CT molecular complexity index is 431. The summed E-state index contributed by atoms with van der Waals surface area (Å²) < 4.78 is 5.95. The lowest BCUT2D eigenvalue weighted by atomic mass is 10.1. The van der Waals surface area contributed by atoms with Crippen molar-refractivity contribution in [2.45, 2.75) is 52.9 Å². The van der Waals surface area contributed by atoms with Crippen LogP contribution in [0.3, 0.4) is 0 Å². The Labute approximate surface area is 126 Å². The van der Waals surface area contributed by atoms with Gasteiger partial charge in [-0.05, 0) is 33.2 Å². The van der Waals surface area contributed by atoms with Crippen molar-refractivity contribution in [3.8, 4) is 0 Å². The highest BCUT2D eigenvalue weighted by atomic mass is 32.1. The largest absolute Gasteiger partial charge is 0.369 e. The molecule has 2 heterocycles. The van der Waals surface area contributed by atoms with Gasteiger partial charge in [0.1, 0.15) is 0 Å². The molecule has 1 atom stereocenters. The van der Waals surface area contributed by atoms with Gasteiger partial charge in [-0.25, -0.2) is 4.98 Å². The average Bonchev–Trinajstić information content (AvgIpc) is 2.74. The summed E-state index contributed by atoms with van der Waals surface area (Å²) in [5.74, 6) is 0.675. The van der Waals surface area contributed by atoms with Gasteiger partial charge in [0, 0.05) is 25.0 Å². The van der Waals surface area contributed by atoms with Crippen LogP contribution in [0.4, 0.5) is 5.13 Å². The number of thiazole rings is 1. The minimum atomic E-state index is -0.0978. The highest BCUT2D eigenvalue weighted by Gasteiger charge is 2.32. The van der Waals surface area contributed by atoms with Gasteiger partial charge in [-0.1, -0.05) is 13.8 Å². The van der Waals surface area contributed by atoms with Gasteiger partial charge >= 0.3 is 0 Å². The molecule has 0 aliphatic carbocycles. The molecule has 0 spiro atoms. The number of rotatable bonds is 5. The maximum Gasteiger partial charge on any atom is 0.185 e. The summed E-state index contributed by atoms with van der Waals surface area (Å²) in [6.45, 7) is 14.6. The summed E-state index contributed by atoms with van der Waals surface area (Å²) >= 11 is 1.74. The fourth-order valence-corrected chi connectivity index (χ4v) is 3.45. The molecular formula is C15H27N3OS. The van der Waals surface area contributed by atoms with Crippen LogP contribution in [0.2, 0.25) is 0 Å². The molecule has 0 bridgehead atoms. The third-order valence-electron chi connectivity index (χ3n) is 3.24. The minimum Gasteiger partial charge on any atom is -0.369 e. The predicted molar refractivity (Wildman–Crippen MR) is 85.5 cm³/mol. The van der Waals surface area contributed by atoms with E-state index in [4.69, 9.17) is 9.72 Å². The van der Waals surface area contributed by atoms with Crippen LogP contribution in [0.15, 0.2) is 5.38 Å². The number of hydrogen-bond acceptors (Lipinski definition) is 5. The molecule has 5 heteroatoms. The monoisotopic (exact) mass is 297 g/mol. The molecule has 20 heavy (non-hydrogen) atoms. The molecule has 1 saturated heterocycles. The van der Waals surface area contributed by atoms with Gasteiger partial charge in [0.2, 0.25) is 0 Å². The van der Waals surface area contributed by atoms with E-state index >= 15 is 0 Å². The number of ether oxygens (including phenoxy) is 1. The maximum atomic E-state index is 5.95. The molecule has 1 aromatic heterocycles. The number of aromatic nitrogens is 1. The summed E-state index contributed by atoms with van der Waals surface area (Å²) in [6.07, 6.45) is 0.255. The molecule has 0 saturated carbocycles. The molecule has 0 amide bonds. The summed E-state index contributed by atoms with van der Waals surface area (Å²) in [7, 11) is 0. The highest BCUT2D eigenvalue weighted by molar-refractivity contribution is 7.13. The van der Waals surface area contributed by atoms with E-state index in [2.05, 4.69) is 50.2 Å². The van der Waals surface area contributed by atoms with Crippen molar-refractivity contribution in [3.63, 3.8) is 0 Å². The molecule has 1 aromatic rings. The summed E-state index contributed by atoms with van der Waals surface area (Å²) in [5.41, 5.74) is 1.04. The molecule has 114 valence electrons. The van der Waals surface area contributed by atoms with Gasteiger partial charge in [0.15, 0.2) is 5.13 Å². The number of hydrogen-bond donors (Lipinski definition) is 1. The molecule has 1 aliphatic rings. The van der Waals surface area contributed by atoms with Gasteiger partial charge in [-0.3, -0.25) is 0 Å². The van der Waals surface area contributed by atoms with E-state index in [1.54, 1.807) is 11.3 Å². The molecule has 1 N–H and O–H groups in total. The topological polar surface area (TPSA) is 37.4 Å². The van der Waals surface area contributed by atoms with Crippen LogP contribution in [-0.4, -0.2) is 36.3 Å². The molecule has 4 nitrogen and oxygen atoms in total. The Morgan fingerprint density at radius 1 is 1.55 bits per heavy atom. The second-order valence-corrected chi connectivity index (χ2v) is 7.55. The predicted octanol–water partition coefficient (Wildman–Crippen LogP) is 2.89. The lowest BCUT2D eigenvalue weighted by Crippen LogP contribution is -2.52. The molecule has 1 fully saturated rings. The molecule has 0 aromatic carbocycles. The Hall–Kier alpha value is -0.650. The lowest BCUT2D eigenvalue weighted by Gasteiger charge is -2.41. The van der Waals surface area contributed by atoms with Gasteiger partial charge in [0.25, 0.3) is 0 Å².